The highest BCUT2D eigenvalue weighted by Gasteiger charge is 2.24. The standard InChI is InChI=1S/C28H27FN6O2/c1-37-26-6-2-5-24(29)23(26)16-34-11-3-4-20(15-34)31-28(36)18-8-10-25-22(12-18)27(33-32-25)19-7-9-21-13-30-17-35(21)14-19/h2,5-10,12-14,17,20H,3-4,11,15-16H2,1H3,(H,31,36)(H,32,33)/t20-/m1/s1. The Morgan fingerprint density at radius 2 is 2.16 bits per heavy atom. The smallest absolute Gasteiger partial charge is 0.251 e. The SMILES string of the molecule is COc1cccc(F)c1CN1CCC[C@@H](NC(=O)c2ccc3[nH]nc(-c4ccc5cncn5c4)c3c2)C1. The minimum absolute atomic E-state index is 0.0258. The van der Waals surface area contributed by atoms with Gasteiger partial charge in [0.25, 0.3) is 5.91 Å². The van der Waals surface area contributed by atoms with E-state index in [0.717, 1.165) is 47.1 Å². The Morgan fingerprint density at radius 3 is 3.05 bits per heavy atom. The molecular formula is C28H27FN6O2. The van der Waals surface area contributed by atoms with E-state index in [-0.39, 0.29) is 17.8 Å². The van der Waals surface area contributed by atoms with E-state index in [0.29, 0.717) is 30.0 Å². The van der Waals surface area contributed by atoms with E-state index in [4.69, 9.17) is 4.74 Å². The topological polar surface area (TPSA) is 87.5 Å². The van der Waals surface area contributed by atoms with Crippen LogP contribution in [0, 0.1) is 5.82 Å². The molecule has 188 valence electrons. The number of rotatable bonds is 6. The van der Waals surface area contributed by atoms with Gasteiger partial charge in [-0.2, -0.15) is 5.10 Å². The van der Waals surface area contributed by atoms with Crippen molar-refractivity contribution in [3.05, 3.63) is 84.2 Å². The summed E-state index contributed by atoms with van der Waals surface area (Å²) in [5.41, 5.74) is 4.69. The number of carbonyl (C=O) groups is 1. The maximum atomic E-state index is 14.4. The first-order valence-corrected chi connectivity index (χ1v) is 12.3. The number of benzene rings is 2. The Hall–Kier alpha value is -4.24. The Kier molecular flexibility index (Phi) is 6.05. The Morgan fingerprint density at radius 1 is 1.24 bits per heavy atom. The van der Waals surface area contributed by atoms with Crippen molar-refractivity contribution in [2.75, 3.05) is 20.2 Å². The zero-order valence-electron chi connectivity index (χ0n) is 20.4. The van der Waals surface area contributed by atoms with Gasteiger partial charge in [-0.05, 0) is 61.9 Å². The van der Waals surface area contributed by atoms with Crippen LogP contribution in [0.15, 0.2) is 67.3 Å². The second-order valence-electron chi connectivity index (χ2n) is 9.44. The van der Waals surface area contributed by atoms with Crippen LogP contribution < -0.4 is 10.1 Å². The highest BCUT2D eigenvalue weighted by Crippen LogP contribution is 2.28. The first kappa shape index (κ1) is 23.2. The number of likely N-dealkylation sites (tertiary alicyclic amines) is 1. The fourth-order valence-corrected chi connectivity index (χ4v) is 5.13. The number of aromatic amines is 1. The summed E-state index contributed by atoms with van der Waals surface area (Å²) in [4.78, 5) is 19.6. The molecule has 2 N–H and O–H groups in total. The lowest BCUT2D eigenvalue weighted by molar-refractivity contribution is 0.0899. The van der Waals surface area contributed by atoms with Gasteiger partial charge < -0.3 is 14.5 Å². The molecule has 1 saturated heterocycles. The largest absolute Gasteiger partial charge is 0.496 e. The van der Waals surface area contributed by atoms with Crippen LogP contribution in [0.4, 0.5) is 4.39 Å². The van der Waals surface area contributed by atoms with Crippen molar-refractivity contribution in [2.45, 2.75) is 25.4 Å². The number of ether oxygens (including phenoxy) is 1. The third kappa shape index (κ3) is 4.53. The molecule has 1 fully saturated rings. The summed E-state index contributed by atoms with van der Waals surface area (Å²) < 4.78 is 21.7. The van der Waals surface area contributed by atoms with Crippen molar-refractivity contribution in [3.8, 4) is 17.0 Å². The molecular weight excluding hydrogens is 471 g/mol. The van der Waals surface area contributed by atoms with Crippen LogP contribution in [0.5, 0.6) is 5.75 Å². The summed E-state index contributed by atoms with van der Waals surface area (Å²) >= 11 is 0. The van der Waals surface area contributed by atoms with Crippen molar-refractivity contribution in [1.82, 2.24) is 29.8 Å². The molecule has 0 bridgehead atoms. The van der Waals surface area contributed by atoms with E-state index >= 15 is 0 Å². The first-order chi connectivity index (χ1) is 18.1. The predicted molar refractivity (Wildman–Crippen MR) is 139 cm³/mol. The summed E-state index contributed by atoms with van der Waals surface area (Å²) in [6.07, 6.45) is 7.33. The molecule has 1 aliphatic rings. The highest BCUT2D eigenvalue weighted by atomic mass is 19.1. The van der Waals surface area contributed by atoms with Gasteiger partial charge in [0.05, 0.1) is 30.7 Å². The number of hydrogen-bond acceptors (Lipinski definition) is 5. The van der Waals surface area contributed by atoms with Crippen molar-refractivity contribution in [1.29, 1.82) is 0 Å². The second-order valence-corrected chi connectivity index (χ2v) is 9.44. The van der Waals surface area contributed by atoms with Crippen LogP contribution in [-0.4, -0.2) is 56.6 Å². The van der Waals surface area contributed by atoms with Crippen molar-refractivity contribution in [3.63, 3.8) is 0 Å². The van der Waals surface area contributed by atoms with E-state index in [1.54, 1.807) is 31.8 Å². The molecule has 0 radical (unpaired) electrons. The van der Waals surface area contributed by atoms with Gasteiger partial charge in [-0.3, -0.25) is 14.8 Å². The third-order valence-corrected chi connectivity index (χ3v) is 7.02. The van der Waals surface area contributed by atoms with Crippen LogP contribution in [0.1, 0.15) is 28.8 Å². The summed E-state index contributed by atoms with van der Waals surface area (Å²) in [6.45, 7) is 1.93. The molecule has 5 aromatic rings. The number of methoxy groups -OCH3 is 1. The van der Waals surface area contributed by atoms with E-state index in [9.17, 15) is 9.18 Å². The maximum absolute atomic E-state index is 14.4. The summed E-state index contributed by atoms with van der Waals surface area (Å²) in [5.74, 6) is 0.138. The Bertz CT molecular complexity index is 1590. The van der Waals surface area contributed by atoms with Crippen molar-refractivity contribution >= 4 is 22.3 Å². The molecule has 0 saturated carbocycles. The number of piperidine rings is 1. The van der Waals surface area contributed by atoms with E-state index in [1.165, 1.54) is 6.07 Å². The number of carbonyl (C=O) groups excluding carboxylic acids is 1. The maximum Gasteiger partial charge on any atom is 0.251 e. The molecule has 0 spiro atoms. The molecule has 1 amide bonds. The van der Waals surface area contributed by atoms with Gasteiger partial charge in [0, 0.05) is 47.4 Å². The summed E-state index contributed by atoms with van der Waals surface area (Å²) in [5, 5.41) is 11.6. The number of H-pyrrole nitrogens is 1. The zero-order valence-corrected chi connectivity index (χ0v) is 20.4. The molecule has 4 heterocycles. The van der Waals surface area contributed by atoms with Crippen LogP contribution >= 0.6 is 0 Å². The van der Waals surface area contributed by atoms with Crippen LogP contribution in [0.2, 0.25) is 0 Å². The van der Waals surface area contributed by atoms with Crippen molar-refractivity contribution < 1.29 is 13.9 Å². The highest BCUT2D eigenvalue weighted by molar-refractivity contribution is 6.01. The van der Waals surface area contributed by atoms with Gasteiger partial charge in [-0.1, -0.05) is 6.07 Å². The molecule has 37 heavy (non-hydrogen) atoms. The number of nitrogens with one attached hydrogen (secondary N) is 2. The van der Waals surface area contributed by atoms with Crippen LogP contribution in [-0.2, 0) is 6.54 Å². The number of pyridine rings is 1. The van der Waals surface area contributed by atoms with Crippen LogP contribution in [0.3, 0.4) is 0 Å². The minimum atomic E-state index is -0.276. The fraction of sp³-hybridized carbons (Fsp3) is 0.250. The molecule has 1 atom stereocenters. The predicted octanol–water partition coefficient (Wildman–Crippen LogP) is 4.42. The lowest BCUT2D eigenvalue weighted by Crippen LogP contribution is -2.47. The normalized spacial score (nSPS) is 16.3. The van der Waals surface area contributed by atoms with Gasteiger partial charge in [0.2, 0.25) is 0 Å². The number of hydrogen-bond donors (Lipinski definition) is 2. The summed E-state index contributed by atoms with van der Waals surface area (Å²) in [6, 6.07) is 14.4. The summed E-state index contributed by atoms with van der Waals surface area (Å²) in [7, 11) is 1.55. The van der Waals surface area contributed by atoms with E-state index < -0.39 is 0 Å². The molecule has 6 rings (SSSR count). The quantitative estimate of drug-likeness (QED) is 0.362. The Labute approximate surface area is 213 Å². The minimum Gasteiger partial charge on any atom is -0.496 e. The number of amides is 1. The van der Waals surface area contributed by atoms with Crippen molar-refractivity contribution in [2.24, 2.45) is 0 Å². The molecule has 1 aliphatic heterocycles. The average molecular weight is 499 g/mol. The molecule has 2 aromatic carbocycles. The van der Waals surface area contributed by atoms with Gasteiger partial charge >= 0.3 is 0 Å². The van der Waals surface area contributed by atoms with Crippen LogP contribution in [0.25, 0.3) is 27.7 Å². The fourth-order valence-electron chi connectivity index (χ4n) is 5.13. The Balaban J connectivity index is 1.19. The number of aromatic nitrogens is 4. The molecule has 3 aromatic heterocycles. The average Bonchev–Trinajstić information content (AvgIpc) is 3.56. The van der Waals surface area contributed by atoms with Gasteiger partial charge in [0.1, 0.15) is 17.3 Å². The molecule has 9 heteroatoms. The lowest BCUT2D eigenvalue weighted by atomic mass is 10.0. The third-order valence-electron chi connectivity index (χ3n) is 7.02. The van der Waals surface area contributed by atoms with Gasteiger partial charge in [-0.25, -0.2) is 9.37 Å². The number of nitrogens with zero attached hydrogens (tertiary/aromatic N) is 4. The van der Waals surface area contributed by atoms with E-state index in [1.807, 2.05) is 40.9 Å². The first-order valence-electron chi connectivity index (χ1n) is 12.3. The molecule has 0 unspecified atom stereocenters. The van der Waals surface area contributed by atoms with Gasteiger partial charge in [0.15, 0.2) is 0 Å². The van der Waals surface area contributed by atoms with Gasteiger partial charge in [-0.15, -0.1) is 0 Å². The molecule has 8 nitrogen and oxygen atoms in total. The second kappa shape index (κ2) is 9.67. The number of imidazole rings is 1. The molecule has 0 aliphatic carbocycles. The lowest BCUT2D eigenvalue weighted by Gasteiger charge is -2.33. The number of halogens is 1. The zero-order chi connectivity index (χ0) is 25.4. The van der Waals surface area contributed by atoms with E-state index in [2.05, 4.69) is 25.4 Å². The number of fused-ring (bicyclic) bond motifs is 2. The monoisotopic (exact) mass is 498 g/mol.